The highest BCUT2D eigenvalue weighted by Crippen LogP contribution is 2.28. The molecule has 0 aliphatic carbocycles. The normalized spacial score (nSPS) is 13.9. The van der Waals surface area contributed by atoms with Gasteiger partial charge in [0.15, 0.2) is 0 Å². The molecule has 0 radical (unpaired) electrons. The van der Waals surface area contributed by atoms with Crippen molar-refractivity contribution in [2.45, 2.75) is 19.4 Å². The van der Waals surface area contributed by atoms with E-state index in [0.29, 0.717) is 17.9 Å². The summed E-state index contributed by atoms with van der Waals surface area (Å²) in [6.07, 6.45) is 3.76. The fraction of sp³-hybridized carbons (Fsp3) is 0.312. The van der Waals surface area contributed by atoms with Crippen molar-refractivity contribution in [2.24, 2.45) is 0 Å². The summed E-state index contributed by atoms with van der Waals surface area (Å²) in [5.74, 6) is 0.313. The molecule has 0 fully saturated rings. The summed E-state index contributed by atoms with van der Waals surface area (Å²) in [7, 11) is 1.38. The lowest BCUT2D eigenvalue weighted by atomic mass is 10.0. The van der Waals surface area contributed by atoms with Crippen molar-refractivity contribution in [3.8, 4) is 0 Å². The molecule has 0 N–H and O–H groups in total. The molecule has 0 saturated carbocycles. The quantitative estimate of drug-likeness (QED) is 0.805. The van der Waals surface area contributed by atoms with Gasteiger partial charge in [0, 0.05) is 12.2 Å². The molecule has 1 aromatic heterocycles. The van der Waals surface area contributed by atoms with Gasteiger partial charge < -0.3 is 14.1 Å². The van der Waals surface area contributed by atoms with Crippen LogP contribution in [-0.2, 0) is 17.7 Å². The molecule has 0 atom stereocenters. The standard InChI is InChI=1S/C16H17NO3/c1-19-16(18)13-8-10-20-15(13)11-17-9-4-6-12-5-2-3-7-14(12)17/h2-3,5,7-8,10H,4,6,9,11H2,1H3. The first kappa shape index (κ1) is 12.8. The lowest BCUT2D eigenvalue weighted by molar-refractivity contribution is 0.0598. The predicted molar refractivity (Wildman–Crippen MR) is 75.9 cm³/mol. The average molecular weight is 271 g/mol. The maximum absolute atomic E-state index is 11.7. The number of hydrogen-bond donors (Lipinski definition) is 0. The average Bonchev–Trinajstić information content (AvgIpc) is 2.95. The molecule has 3 rings (SSSR count). The van der Waals surface area contributed by atoms with Crippen molar-refractivity contribution >= 4 is 11.7 Å². The summed E-state index contributed by atoms with van der Waals surface area (Å²) in [5, 5.41) is 0. The minimum Gasteiger partial charge on any atom is -0.467 e. The van der Waals surface area contributed by atoms with E-state index in [1.54, 1.807) is 6.07 Å². The molecular formula is C16H17NO3. The highest BCUT2D eigenvalue weighted by Gasteiger charge is 2.21. The van der Waals surface area contributed by atoms with Crippen LogP contribution in [0.25, 0.3) is 0 Å². The number of fused-ring (bicyclic) bond motifs is 1. The van der Waals surface area contributed by atoms with Crippen LogP contribution in [0.3, 0.4) is 0 Å². The number of carbonyl (C=O) groups excluding carboxylic acids is 1. The van der Waals surface area contributed by atoms with Gasteiger partial charge >= 0.3 is 5.97 Å². The summed E-state index contributed by atoms with van der Waals surface area (Å²) >= 11 is 0. The Morgan fingerprint density at radius 1 is 1.35 bits per heavy atom. The number of rotatable bonds is 3. The fourth-order valence-electron chi connectivity index (χ4n) is 2.70. The zero-order valence-corrected chi connectivity index (χ0v) is 11.5. The van der Waals surface area contributed by atoms with E-state index in [4.69, 9.17) is 9.15 Å². The van der Waals surface area contributed by atoms with Gasteiger partial charge in [-0.15, -0.1) is 0 Å². The summed E-state index contributed by atoms with van der Waals surface area (Å²) in [6, 6.07) is 10.0. The largest absolute Gasteiger partial charge is 0.467 e. The predicted octanol–water partition coefficient (Wildman–Crippen LogP) is 3.02. The van der Waals surface area contributed by atoms with Crippen LogP contribution >= 0.6 is 0 Å². The van der Waals surface area contributed by atoms with Gasteiger partial charge in [0.05, 0.1) is 19.9 Å². The third-order valence-electron chi connectivity index (χ3n) is 3.69. The maximum Gasteiger partial charge on any atom is 0.341 e. The van der Waals surface area contributed by atoms with E-state index in [1.165, 1.54) is 24.6 Å². The zero-order valence-electron chi connectivity index (χ0n) is 11.5. The molecule has 4 nitrogen and oxygen atoms in total. The van der Waals surface area contributed by atoms with E-state index >= 15 is 0 Å². The Morgan fingerprint density at radius 3 is 3.05 bits per heavy atom. The molecule has 0 unspecified atom stereocenters. The molecule has 104 valence electrons. The minimum atomic E-state index is -0.348. The molecule has 0 spiro atoms. The van der Waals surface area contributed by atoms with Gasteiger partial charge in [-0.25, -0.2) is 4.79 Å². The first-order chi connectivity index (χ1) is 9.79. The number of esters is 1. The smallest absolute Gasteiger partial charge is 0.341 e. The number of aryl methyl sites for hydroxylation is 1. The number of carbonyl (C=O) groups is 1. The zero-order chi connectivity index (χ0) is 13.9. The third kappa shape index (κ3) is 2.29. The number of furan rings is 1. The first-order valence-electron chi connectivity index (χ1n) is 6.77. The van der Waals surface area contributed by atoms with Gasteiger partial charge in [0.1, 0.15) is 11.3 Å². The number of anilines is 1. The van der Waals surface area contributed by atoms with Crippen LogP contribution in [0.15, 0.2) is 41.0 Å². The Hall–Kier alpha value is -2.23. The topological polar surface area (TPSA) is 42.7 Å². The van der Waals surface area contributed by atoms with Crippen LogP contribution in [0.1, 0.15) is 28.1 Å². The molecule has 2 heterocycles. The van der Waals surface area contributed by atoms with Crippen molar-refractivity contribution < 1.29 is 13.9 Å². The van der Waals surface area contributed by atoms with Gasteiger partial charge in [-0.05, 0) is 30.5 Å². The van der Waals surface area contributed by atoms with Crippen LogP contribution in [0, 0.1) is 0 Å². The number of ether oxygens (including phenoxy) is 1. The number of hydrogen-bond acceptors (Lipinski definition) is 4. The monoisotopic (exact) mass is 271 g/mol. The van der Waals surface area contributed by atoms with Crippen LogP contribution in [0.2, 0.25) is 0 Å². The number of methoxy groups -OCH3 is 1. The second-order valence-electron chi connectivity index (χ2n) is 4.90. The molecular weight excluding hydrogens is 254 g/mol. The van der Waals surface area contributed by atoms with E-state index in [1.807, 2.05) is 6.07 Å². The fourth-order valence-corrected chi connectivity index (χ4v) is 2.70. The second kappa shape index (κ2) is 5.41. The van der Waals surface area contributed by atoms with Gasteiger partial charge in [0.2, 0.25) is 0 Å². The van der Waals surface area contributed by atoms with E-state index in [2.05, 4.69) is 23.1 Å². The Kier molecular flexibility index (Phi) is 3.46. The Balaban J connectivity index is 1.86. The first-order valence-corrected chi connectivity index (χ1v) is 6.77. The number of nitrogens with zero attached hydrogens (tertiary/aromatic N) is 1. The van der Waals surface area contributed by atoms with Crippen molar-refractivity contribution in [1.29, 1.82) is 0 Å². The molecule has 1 aliphatic heterocycles. The Bertz CT molecular complexity index is 618. The van der Waals surface area contributed by atoms with Gasteiger partial charge in [-0.2, -0.15) is 0 Å². The molecule has 2 aromatic rings. The SMILES string of the molecule is COC(=O)c1ccoc1CN1CCCc2ccccc21. The van der Waals surface area contributed by atoms with E-state index in [0.717, 1.165) is 19.4 Å². The summed E-state index contributed by atoms with van der Waals surface area (Å²) in [6.45, 7) is 1.56. The molecule has 0 bridgehead atoms. The molecule has 4 heteroatoms. The van der Waals surface area contributed by atoms with Gasteiger partial charge in [-0.3, -0.25) is 0 Å². The molecule has 0 amide bonds. The van der Waals surface area contributed by atoms with Crippen molar-refractivity contribution in [2.75, 3.05) is 18.6 Å². The summed E-state index contributed by atoms with van der Waals surface area (Å²) in [5.41, 5.74) is 3.09. The molecule has 20 heavy (non-hydrogen) atoms. The lowest BCUT2D eigenvalue weighted by Gasteiger charge is -2.30. The van der Waals surface area contributed by atoms with Crippen LogP contribution < -0.4 is 4.90 Å². The molecule has 1 aromatic carbocycles. The second-order valence-corrected chi connectivity index (χ2v) is 4.90. The van der Waals surface area contributed by atoms with Crippen LogP contribution in [-0.4, -0.2) is 19.6 Å². The van der Waals surface area contributed by atoms with Crippen molar-refractivity contribution in [1.82, 2.24) is 0 Å². The number of benzene rings is 1. The van der Waals surface area contributed by atoms with E-state index < -0.39 is 0 Å². The van der Waals surface area contributed by atoms with Gasteiger partial charge in [0.25, 0.3) is 0 Å². The van der Waals surface area contributed by atoms with Gasteiger partial charge in [-0.1, -0.05) is 18.2 Å². The minimum absolute atomic E-state index is 0.348. The van der Waals surface area contributed by atoms with Crippen LogP contribution in [0.4, 0.5) is 5.69 Å². The van der Waals surface area contributed by atoms with Crippen molar-refractivity contribution in [3.05, 3.63) is 53.5 Å². The highest BCUT2D eigenvalue weighted by atomic mass is 16.5. The summed E-state index contributed by atoms with van der Waals surface area (Å²) < 4.78 is 10.2. The lowest BCUT2D eigenvalue weighted by Crippen LogP contribution is -2.29. The van der Waals surface area contributed by atoms with Crippen molar-refractivity contribution in [3.63, 3.8) is 0 Å². The summed E-state index contributed by atoms with van der Waals surface area (Å²) in [4.78, 5) is 13.9. The number of para-hydroxylation sites is 1. The Labute approximate surface area is 118 Å². The molecule has 0 saturated heterocycles. The maximum atomic E-state index is 11.7. The van der Waals surface area contributed by atoms with E-state index in [-0.39, 0.29) is 5.97 Å². The Morgan fingerprint density at radius 2 is 2.20 bits per heavy atom. The molecule has 1 aliphatic rings. The van der Waals surface area contributed by atoms with Crippen LogP contribution in [0.5, 0.6) is 0 Å². The van der Waals surface area contributed by atoms with E-state index in [9.17, 15) is 4.79 Å². The highest BCUT2D eigenvalue weighted by molar-refractivity contribution is 5.90. The third-order valence-corrected chi connectivity index (χ3v) is 3.69.